The van der Waals surface area contributed by atoms with Crippen LogP contribution in [0.2, 0.25) is 0 Å². The molecule has 3 rings (SSSR count). The minimum Gasteiger partial charge on any atom is -0.444 e. The lowest BCUT2D eigenvalue weighted by Crippen LogP contribution is -2.34. The second-order valence-corrected chi connectivity index (χ2v) is 7.24. The molecule has 10 nitrogen and oxygen atoms in total. The van der Waals surface area contributed by atoms with E-state index in [1.165, 1.54) is 0 Å². The third-order valence-corrected chi connectivity index (χ3v) is 4.12. The van der Waals surface area contributed by atoms with Gasteiger partial charge in [-0.1, -0.05) is 0 Å². The van der Waals surface area contributed by atoms with Crippen molar-refractivity contribution in [3.8, 4) is 0 Å². The number of rotatable bonds is 4. The molecule has 138 valence electrons. The molecular weight excluding hydrogens is 330 g/mol. The summed E-state index contributed by atoms with van der Waals surface area (Å²) in [5, 5.41) is 21.1. The van der Waals surface area contributed by atoms with Crippen LogP contribution in [-0.4, -0.2) is 62.2 Å². The van der Waals surface area contributed by atoms with Gasteiger partial charge in [-0.05, 0) is 33.6 Å². The molecular formula is C15H23N5O5. The highest BCUT2D eigenvalue weighted by Crippen LogP contribution is 2.36. The summed E-state index contributed by atoms with van der Waals surface area (Å²) in [4.78, 5) is 25.1. The maximum absolute atomic E-state index is 12.0. The van der Waals surface area contributed by atoms with E-state index in [-0.39, 0.29) is 12.1 Å². The van der Waals surface area contributed by atoms with Gasteiger partial charge in [-0.3, -0.25) is 5.21 Å². The Hall–Kier alpha value is -2.36. The highest BCUT2D eigenvalue weighted by Gasteiger charge is 2.46. The SMILES string of the molecule is CC(C)(C)OC(=O)NCCc1nnc([C@@H]2CCC3CN2C(=O)N3O)o1. The number of ether oxygens (including phenoxy) is 1. The van der Waals surface area contributed by atoms with Gasteiger partial charge in [-0.25, -0.2) is 14.7 Å². The summed E-state index contributed by atoms with van der Waals surface area (Å²) >= 11 is 0. The molecule has 3 heterocycles. The number of nitrogens with one attached hydrogen (secondary N) is 1. The van der Waals surface area contributed by atoms with Crippen LogP contribution in [0.1, 0.15) is 51.4 Å². The van der Waals surface area contributed by atoms with Crippen molar-refractivity contribution >= 4 is 12.1 Å². The van der Waals surface area contributed by atoms with Crippen LogP contribution in [0, 0.1) is 0 Å². The molecule has 10 heteroatoms. The highest BCUT2D eigenvalue weighted by molar-refractivity contribution is 5.76. The Labute approximate surface area is 145 Å². The van der Waals surface area contributed by atoms with Gasteiger partial charge in [-0.2, -0.15) is 0 Å². The predicted octanol–water partition coefficient (Wildman–Crippen LogP) is 1.47. The van der Waals surface area contributed by atoms with Crippen molar-refractivity contribution < 1.29 is 24.0 Å². The number of carbonyl (C=O) groups is 2. The lowest BCUT2D eigenvalue weighted by Gasteiger charge is -2.27. The standard InChI is InChI=1S/C15H23N5O5/c1-15(2,3)25-13(21)16-7-6-11-17-18-12(24-11)10-5-4-9-8-19(10)14(22)20(9)23/h9-10,23H,4-8H2,1-3H3,(H,16,21)/t9?,10-/m0/s1. The van der Waals surface area contributed by atoms with Crippen LogP contribution in [0.25, 0.3) is 0 Å². The summed E-state index contributed by atoms with van der Waals surface area (Å²) in [6, 6.07) is -0.913. The van der Waals surface area contributed by atoms with E-state index < -0.39 is 17.7 Å². The van der Waals surface area contributed by atoms with Crippen molar-refractivity contribution in [3.05, 3.63) is 11.8 Å². The third-order valence-electron chi connectivity index (χ3n) is 4.12. The number of alkyl carbamates (subject to hydrolysis) is 1. The maximum atomic E-state index is 12.0. The predicted molar refractivity (Wildman–Crippen MR) is 83.7 cm³/mol. The minimum atomic E-state index is -0.552. The molecule has 2 bridgehead atoms. The summed E-state index contributed by atoms with van der Waals surface area (Å²) in [6.45, 7) is 6.13. The lowest BCUT2D eigenvalue weighted by molar-refractivity contribution is -0.0584. The monoisotopic (exact) mass is 353 g/mol. The zero-order valence-electron chi connectivity index (χ0n) is 14.6. The van der Waals surface area contributed by atoms with Gasteiger partial charge in [0.05, 0.1) is 6.04 Å². The van der Waals surface area contributed by atoms with E-state index in [0.717, 1.165) is 5.06 Å². The lowest BCUT2D eigenvalue weighted by atomic mass is 10.0. The topological polar surface area (TPSA) is 121 Å². The fourth-order valence-electron chi connectivity index (χ4n) is 3.00. The molecule has 2 N–H and O–H groups in total. The van der Waals surface area contributed by atoms with Gasteiger partial charge in [0.2, 0.25) is 11.8 Å². The molecule has 0 spiro atoms. The molecule has 1 unspecified atom stereocenters. The summed E-state index contributed by atoms with van der Waals surface area (Å²) in [5.74, 6) is 0.732. The Morgan fingerprint density at radius 2 is 2.16 bits per heavy atom. The average Bonchev–Trinajstić information content (AvgIpc) is 3.07. The van der Waals surface area contributed by atoms with Gasteiger partial charge in [0.1, 0.15) is 11.6 Å². The number of aromatic nitrogens is 2. The number of piperidine rings is 1. The van der Waals surface area contributed by atoms with Crippen LogP contribution < -0.4 is 5.32 Å². The van der Waals surface area contributed by atoms with Crippen LogP contribution in [0.15, 0.2) is 4.42 Å². The third kappa shape index (κ3) is 3.84. The first-order chi connectivity index (χ1) is 11.7. The fourth-order valence-corrected chi connectivity index (χ4v) is 3.00. The van der Waals surface area contributed by atoms with Crippen molar-refractivity contribution in [1.29, 1.82) is 0 Å². The summed E-state index contributed by atoms with van der Waals surface area (Å²) in [5.41, 5.74) is -0.552. The largest absolute Gasteiger partial charge is 0.444 e. The van der Waals surface area contributed by atoms with Gasteiger partial charge in [0.25, 0.3) is 0 Å². The number of hydrogen-bond acceptors (Lipinski definition) is 7. The Morgan fingerprint density at radius 1 is 1.40 bits per heavy atom. The molecule has 0 saturated carbocycles. The minimum absolute atomic E-state index is 0.163. The zero-order chi connectivity index (χ0) is 18.2. The van der Waals surface area contributed by atoms with Crippen LogP contribution in [0.3, 0.4) is 0 Å². The number of amides is 3. The fraction of sp³-hybridized carbons (Fsp3) is 0.733. The number of urea groups is 1. The van der Waals surface area contributed by atoms with Gasteiger partial charge in [0, 0.05) is 19.5 Å². The molecule has 2 atom stereocenters. The Balaban J connectivity index is 1.53. The Bertz CT molecular complexity index is 655. The molecule has 0 radical (unpaired) electrons. The van der Waals surface area contributed by atoms with Crippen molar-refractivity contribution in [3.63, 3.8) is 0 Å². The van der Waals surface area contributed by atoms with Crippen molar-refractivity contribution in [2.45, 2.75) is 57.7 Å². The van der Waals surface area contributed by atoms with E-state index in [0.29, 0.717) is 44.1 Å². The van der Waals surface area contributed by atoms with E-state index in [1.54, 1.807) is 25.7 Å². The molecule has 2 fully saturated rings. The molecule has 2 aliphatic heterocycles. The summed E-state index contributed by atoms with van der Waals surface area (Å²) in [6.07, 6.45) is 1.20. The van der Waals surface area contributed by atoms with Crippen LogP contribution in [0.5, 0.6) is 0 Å². The van der Waals surface area contributed by atoms with Gasteiger partial charge in [0.15, 0.2) is 0 Å². The quantitative estimate of drug-likeness (QED) is 0.786. The number of hydroxylamine groups is 2. The highest BCUT2D eigenvalue weighted by atomic mass is 16.6. The molecule has 1 aromatic heterocycles. The van der Waals surface area contributed by atoms with E-state index >= 15 is 0 Å². The number of fused-ring (bicyclic) bond motifs is 2. The average molecular weight is 353 g/mol. The maximum Gasteiger partial charge on any atom is 0.407 e. The van der Waals surface area contributed by atoms with E-state index in [9.17, 15) is 14.8 Å². The van der Waals surface area contributed by atoms with Gasteiger partial charge < -0.3 is 19.4 Å². The smallest absolute Gasteiger partial charge is 0.407 e. The number of nitrogens with zero attached hydrogens (tertiary/aromatic N) is 4. The van der Waals surface area contributed by atoms with Crippen LogP contribution in [-0.2, 0) is 11.2 Å². The molecule has 2 saturated heterocycles. The van der Waals surface area contributed by atoms with E-state index in [1.807, 2.05) is 0 Å². The zero-order valence-corrected chi connectivity index (χ0v) is 14.6. The van der Waals surface area contributed by atoms with E-state index in [4.69, 9.17) is 9.15 Å². The van der Waals surface area contributed by atoms with Gasteiger partial charge >= 0.3 is 12.1 Å². The summed E-state index contributed by atoms with van der Waals surface area (Å²) < 4.78 is 10.8. The van der Waals surface area contributed by atoms with Crippen LogP contribution >= 0.6 is 0 Å². The number of carbonyl (C=O) groups excluding carboxylic acids is 2. The molecule has 3 amide bonds. The first kappa shape index (κ1) is 17.5. The summed E-state index contributed by atoms with van der Waals surface area (Å²) in [7, 11) is 0. The Kier molecular flexibility index (Phi) is 4.55. The van der Waals surface area contributed by atoms with Crippen molar-refractivity contribution in [2.24, 2.45) is 0 Å². The normalized spacial score (nSPS) is 23.1. The van der Waals surface area contributed by atoms with Crippen molar-refractivity contribution in [2.75, 3.05) is 13.1 Å². The van der Waals surface area contributed by atoms with Crippen LogP contribution in [0.4, 0.5) is 9.59 Å². The first-order valence-corrected chi connectivity index (χ1v) is 8.32. The van der Waals surface area contributed by atoms with Crippen molar-refractivity contribution in [1.82, 2.24) is 25.5 Å². The molecule has 2 aliphatic rings. The second-order valence-electron chi connectivity index (χ2n) is 7.24. The first-order valence-electron chi connectivity index (χ1n) is 8.32. The molecule has 0 aliphatic carbocycles. The Morgan fingerprint density at radius 3 is 2.88 bits per heavy atom. The molecule has 25 heavy (non-hydrogen) atoms. The van der Waals surface area contributed by atoms with Gasteiger partial charge in [-0.15, -0.1) is 10.2 Å². The molecule has 1 aromatic rings. The molecule has 0 aromatic carbocycles. The van der Waals surface area contributed by atoms with E-state index in [2.05, 4.69) is 15.5 Å². The number of hydrogen-bond donors (Lipinski definition) is 2. The second kappa shape index (κ2) is 6.51.